The minimum atomic E-state index is -0.344. The molecule has 0 atom stereocenters. The molecule has 9 nitrogen and oxygen atoms in total. The number of hydrogen-bond acceptors (Lipinski definition) is 5. The molecule has 0 spiro atoms. The highest BCUT2D eigenvalue weighted by molar-refractivity contribution is 5.94. The van der Waals surface area contributed by atoms with E-state index >= 15 is 0 Å². The predicted molar refractivity (Wildman–Crippen MR) is 150 cm³/mol. The van der Waals surface area contributed by atoms with Gasteiger partial charge >= 0.3 is 0 Å². The van der Waals surface area contributed by atoms with E-state index in [0.29, 0.717) is 37.6 Å². The first-order valence-electron chi connectivity index (χ1n) is 13.8. The summed E-state index contributed by atoms with van der Waals surface area (Å²) in [5.74, 6) is -0.586. The van der Waals surface area contributed by atoms with Crippen molar-refractivity contribution in [3.63, 3.8) is 0 Å². The predicted octanol–water partition coefficient (Wildman–Crippen LogP) is 4.92. The number of benzene rings is 2. The lowest BCUT2D eigenvalue weighted by molar-refractivity contribution is -0.116. The van der Waals surface area contributed by atoms with Crippen LogP contribution < -0.4 is 4.90 Å². The number of amides is 2. The van der Waals surface area contributed by atoms with Gasteiger partial charge in [0, 0.05) is 44.6 Å². The topological polar surface area (TPSA) is 89.2 Å². The Hall–Kier alpha value is -4.34. The fourth-order valence-electron chi connectivity index (χ4n) is 5.19. The normalized spacial score (nSPS) is 14.8. The van der Waals surface area contributed by atoms with Crippen LogP contribution in [0.2, 0.25) is 0 Å². The minimum absolute atomic E-state index is 0.0227. The van der Waals surface area contributed by atoms with Gasteiger partial charge in [0.05, 0.1) is 17.9 Å². The smallest absolute Gasteiger partial charge is 0.276 e. The van der Waals surface area contributed by atoms with Gasteiger partial charge in [0.15, 0.2) is 5.69 Å². The summed E-state index contributed by atoms with van der Waals surface area (Å²) in [6.07, 6.45) is 8.51. The van der Waals surface area contributed by atoms with Gasteiger partial charge in [0.1, 0.15) is 5.82 Å². The van der Waals surface area contributed by atoms with Gasteiger partial charge in [-0.05, 0) is 67.3 Å². The number of anilines is 1. The van der Waals surface area contributed by atoms with Crippen molar-refractivity contribution in [2.45, 2.75) is 59.0 Å². The molecule has 5 rings (SSSR count). The zero-order chi connectivity index (χ0) is 28.1. The summed E-state index contributed by atoms with van der Waals surface area (Å²) in [5, 5.41) is 12.7. The van der Waals surface area contributed by atoms with Gasteiger partial charge in [0.25, 0.3) is 5.91 Å². The Labute approximate surface area is 233 Å². The molecule has 3 heterocycles. The number of fused-ring (bicyclic) bond motifs is 1. The minimum Gasteiger partial charge on any atom is -0.333 e. The van der Waals surface area contributed by atoms with Crippen molar-refractivity contribution in [2.24, 2.45) is 0 Å². The first-order chi connectivity index (χ1) is 19.4. The van der Waals surface area contributed by atoms with Crippen molar-refractivity contribution >= 4 is 17.5 Å². The Bertz CT molecular complexity index is 1460. The third kappa shape index (κ3) is 6.11. The molecule has 0 saturated heterocycles. The fraction of sp³-hybridized carbons (Fsp3) is 0.367. The van der Waals surface area contributed by atoms with E-state index in [1.165, 1.54) is 12.1 Å². The summed E-state index contributed by atoms with van der Waals surface area (Å²) in [5.41, 5.74) is 4.22. The lowest BCUT2D eigenvalue weighted by Crippen LogP contribution is -2.35. The first-order valence-corrected chi connectivity index (χ1v) is 13.8. The van der Waals surface area contributed by atoms with E-state index in [1.54, 1.807) is 41.8 Å². The molecular formula is C30H34FN7O2. The molecule has 0 fully saturated rings. The van der Waals surface area contributed by atoms with E-state index in [4.69, 9.17) is 0 Å². The van der Waals surface area contributed by atoms with Crippen molar-refractivity contribution in [1.82, 2.24) is 29.7 Å². The Morgan fingerprint density at radius 2 is 1.73 bits per heavy atom. The number of carbonyl (C=O) groups excluding carboxylic acids is 2. The quantitative estimate of drug-likeness (QED) is 0.365. The number of halogens is 1. The van der Waals surface area contributed by atoms with Gasteiger partial charge in [-0.1, -0.05) is 36.6 Å². The Morgan fingerprint density at radius 3 is 2.45 bits per heavy atom. The second-order valence-electron chi connectivity index (χ2n) is 10.2. The van der Waals surface area contributed by atoms with Crippen LogP contribution in [-0.4, -0.2) is 54.6 Å². The Balaban J connectivity index is 1.49. The van der Waals surface area contributed by atoms with Gasteiger partial charge in [-0.25, -0.2) is 9.07 Å². The third-order valence-corrected chi connectivity index (χ3v) is 7.35. The van der Waals surface area contributed by atoms with Crippen molar-refractivity contribution < 1.29 is 14.0 Å². The van der Waals surface area contributed by atoms with Crippen molar-refractivity contribution in [1.29, 1.82) is 0 Å². The molecule has 1 aliphatic heterocycles. The van der Waals surface area contributed by atoms with Gasteiger partial charge in [-0.15, -0.1) is 5.10 Å². The summed E-state index contributed by atoms with van der Waals surface area (Å²) in [6, 6.07) is 13.9. The molecule has 0 saturated carbocycles. The van der Waals surface area contributed by atoms with E-state index in [0.717, 1.165) is 48.9 Å². The Kier molecular flexibility index (Phi) is 8.33. The van der Waals surface area contributed by atoms with Crippen LogP contribution in [-0.2, 0) is 17.9 Å². The standard InChI is InChI=1S/C30H34FN7O2/c1-22-29(33-34-38(22)27-13-11-26(31)12-14-27)30(40)35-16-6-4-3-5-7-18-37(23(2)39)28-19-24(9-10-25(28)21-35)20-36-17-8-15-32-36/h8-15,17,19H,3-7,16,18,20-21H2,1-2H3. The number of nitrogens with zero attached hydrogens (tertiary/aromatic N) is 7. The van der Waals surface area contributed by atoms with E-state index in [2.05, 4.69) is 15.4 Å². The van der Waals surface area contributed by atoms with E-state index in [9.17, 15) is 14.0 Å². The van der Waals surface area contributed by atoms with Crippen LogP contribution in [0.5, 0.6) is 0 Å². The average molecular weight is 544 g/mol. The fourth-order valence-corrected chi connectivity index (χ4v) is 5.19. The lowest BCUT2D eigenvalue weighted by Gasteiger charge is -2.29. The molecule has 1 aliphatic rings. The molecule has 0 N–H and O–H groups in total. The van der Waals surface area contributed by atoms with Crippen LogP contribution in [0.1, 0.15) is 66.3 Å². The summed E-state index contributed by atoms with van der Waals surface area (Å²) in [6.45, 7) is 5.50. The summed E-state index contributed by atoms with van der Waals surface area (Å²) >= 11 is 0. The molecule has 10 heteroatoms. The molecule has 2 aromatic carbocycles. The second-order valence-corrected chi connectivity index (χ2v) is 10.2. The number of carbonyl (C=O) groups is 2. The third-order valence-electron chi connectivity index (χ3n) is 7.35. The molecule has 2 amide bonds. The zero-order valence-electron chi connectivity index (χ0n) is 23.0. The highest BCUT2D eigenvalue weighted by atomic mass is 19.1. The van der Waals surface area contributed by atoms with Crippen LogP contribution in [0.3, 0.4) is 0 Å². The molecule has 0 bridgehead atoms. The van der Waals surface area contributed by atoms with Gasteiger partial charge in [-0.2, -0.15) is 5.10 Å². The number of rotatable bonds is 4. The number of aromatic nitrogens is 5. The molecule has 0 radical (unpaired) electrons. The van der Waals surface area contributed by atoms with Gasteiger partial charge in [0.2, 0.25) is 5.91 Å². The van der Waals surface area contributed by atoms with E-state index in [-0.39, 0.29) is 23.3 Å². The molecule has 40 heavy (non-hydrogen) atoms. The summed E-state index contributed by atoms with van der Waals surface area (Å²) in [4.78, 5) is 30.4. The average Bonchev–Trinajstić information content (AvgIpc) is 3.59. The Morgan fingerprint density at radius 1 is 0.975 bits per heavy atom. The van der Waals surface area contributed by atoms with E-state index in [1.807, 2.05) is 40.0 Å². The highest BCUT2D eigenvalue weighted by Gasteiger charge is 2.26. The van der Waals surface area contributed by atoms with Crippen LogP contribution in [0.25, 0.3) is 5.69 Å². The second kappa shape index (κ2) is 12.2. The summed E-state index contributed by atoms with van der Waals surface area (Å²) < 4.78 is 16.8. The zero-order valence-corrected chi connectivity index (χ0v) is 23.0. The monoisotopic (exact) mass is 543 g/mol. The maximum absolute atomic E-state index is 13.9. The number of hydrogen-bond donors (Lipinski definition) is 0. The van der Waals surface area contributed by atoms with Crippen LogP contribution in [0, 0.1) is 12.7 Å². The SMILES string of the molecule is CC(=O)N1CCCCCCCN(C(=O)c2nnn(-c3ccc(F)cc3)c2C)Cc2ccc(Cn3cccn3)cc21. The van der Waals surface area contributed by atoms with Crippen molar-refractivity contribution in [3.05, 3.63) is 89.3 Å². The van der Waals surface area contributed by atoms with Crippen LogP contribution >= 0.6 is 0 Å². The first kappa shape index (κ1) is 27.2. The molecular weight excluding hydrogens is 509 g/mol. The molecule has 0 aliphatic carbocycles. The van der Waals surface area contributed by atoms with Crippen LogP contribution in [0.4, 0.5) is 10.1 Å². The van der Waals surface area contributed by atoms with Gasteiger partial charge < -0.3 is 9.80 Å². The molecule has 4 aromatic rings. The maximum atomic E-state index is 13.9. The highest BCUT2D eigenvalue weighted by Crippen LogP contribution is 2.27. The molecule has 0 unspecified atom stereocenters. The largest absolute Gasteiger partial charge is 0.333 e. The van der Waals surface area contributed by atoms with E-state index < -0.39 is 0 Å². The van der Waals surface area contributed by atoms with Crippen LogP contribution in [0.15, 0.2) is 60.9 Å². The van der Waals surface area contributed by atoms with Gasteiger partial charge in [-0.3, -0.25) is 14.3 Å². The summed E-state index contributed by atoms with van der Waals surface area (Å²) in [7, 11) is 0. The van der Waals surface area contributed by atoms with Crippen molar-refractivity contribution in [3.8, 4) is 5.69 Å². The lowest BCUT2D eigenvalue weighted by atomic mass is 10.0. The maximum Gasteiger partial charge on any atom is 0.276 e. The molecule has 2 aromatic heterocycles. The molecule has 208 valence electrons. The van der Waals surface area contributed by atoms with Crippen molar-refractivity contribution in [2.75, 3.05) is 18.0 Å².